The fourth-order valence-corrected chi connectivity index (χ4v) is 7.75. The van der Waals surface area contributed by atoms with Gasteiger partial charge in [-0.05, 0) is 66.8 Å². The predicted octanol–water partition coefficient (Wildman–Crippen LogP) is 2.99. The highest BCUT2D eigenvalue weighted by atomic mass is 16.6. The van der Waals surface area contributed by atoms with Crippen molar-refractivity contribution < 1.29 is 19.1 Å². The highest BCUT2D eigenvalue weighted by Crippen LogP contribution is 2.68. The van der Waals surface area contributed by atoms with Gasteiger partial charge in [0.1, 0.15) is 12.7 Å². The topological polar surface area (TPSA) is 52.6 Å². The van der Waals surface area contributed by atoms with E-state index in [1.54, 1.807) is 0 Å². The van der Waals surface area contributed by atoms with Crippen molar-refractivity contribution in [3.05, 3.63) is 24.3 Å². The van der Waals surface area contributed by atoms with Crippen molar-refractivity contribution >= 4 is 11.9 Å². The van der Waals surface area contributed by atoms with Gasteiger partial charge in [0, 0.05) is 5.92 Å². The highest BCUT2D eigenvalue weighted by molar-refractivity contribution is 5.78. The lowest BCUT2D eigenvalue weighted by molar-refractivity contribution is -0.157. The summed E-state index contributed by atoms with van der Waals surface area (Å²) in [6.45, 7) is 2.45. The average Bonchev–Trinajstić information content (AvgIpc) is 3.40. The second-order valence-corrected chi connectivity index (χ2v) is 9.52. The van der Waals surface area contributed by atoms with Crippen LogP contribution in [-0.4, -0.2) is 24.6 Å². The second kappa shape index (κ2) is 5.24. The van der Waals surface area contributed by atoms with Gasteiger partial charge in [0.15, 0.2) is 0 Å². The minimum atomic E-state index is -0.286. The Morgan fingerprint density at radius 3 is 2.69 bits per heavy atom. The van der Waals surface area contributed by atoms with Crippen molar-refractivity contribution in [2.75, 3.05) is 6.61 Å². The lowest BCUT2D eigenvalue weighted by Crippen LogP contribution is -2.40. The zero-order valence-corrected chi connectivity index (χ0v) is 15.1. The summed E-state index contributed by atoms with van der Waals surface area (Å²) in [6.07, 6.45) is 12.1. The SMILES string of the molecule is CC1C2CC(C1C(=O)OCC1C(=O)OC3C=CCC31)C1C3C=CC(C3)C21. The van der Waals surface area contributed by atoms with Crippen molar-refractivity contribution in [2.24, 2.45) is 59.2 Å². The Bertz CT molecular complexity index is 724. The number of allylic oxidation sites excluding steroid dienone is 3. The monoisotopic (exact) mass is 354 g/mol. The van der Waals surface area contributed by atoms with Crippen molar-refractivity contribution in [2.45, 2.75) is 32.3 Å². The Morgan fingerprint density at radius 2 is 1.88 bits per heavy atom. The van der Waals surface area contributed by atoms with Crippen LogP contribution in [0.15, 0.2) is 24.3 Å². The normalized spacial score (nSPS) is 54.7. The van der Waals surface area contributed by atoms with E-state index in [0.29, 0.717) is 29.6 Å². The molecule has 0 aromatic heterocycles. The molecular formula is C22H26O4. The molecule has 4 fully saturated rings. The smallest absolute Gasteiger partial charge is 0.313 e. The first-order chi connectivity index (χ1) is 12.6. The Balaban J connectivity index is 1.15. The van der Waals surface area contributed by atoms with Crippen LogP contribution in [0.2, 0.25) is 0 Å². The molecule has 1 saturated heterocycles. The third-order valence-electron chi connectivity index (χ3n) is 8.72. The van der Waals surface area contributed by atoms with Crippen molar-refractivity contribution in [3.63, 3.8) is 0 Å². The lowest BCUT2D eigenvalue weighted by atomic mass is 9.65. The van der Waals surface area contributed by atoms with E-state index in [1.807, 2.05) is 6.08 Å². The van der Waals surface area contributed by atoms with E-state index in [0.717, 1.165) is 18.3 Å². The molecule has 11 unspecified atom stereocenters. The largest absolute Gasteiger partial charge is 0.465 e. The van der Waals surface area contributed by atoms with Gasteiger partial charge in [-0.15, -0.1) is 0 Å². The third-order valence-corrected chi connectivity index (χ3v) is 8.72. The summed E-state index contributed by atoms with van der Waals surface area (Å²) in [7, 11) is 0. The van der Waals surface area contributed by atoms with Crippen LogP contribution in [0, 0.1) is 59.2 Å². The van der Waals surface area contributed by atoms with Crippen LogP contribution >= 0.6 is 0 Å². The molecule has 0 N–H and O–H groups in total. The number of carbonyl (C=O) groups excluding carboxylic acids is 2. The minimum Gasteiger partial charge on any atom is -0.465 e. The molecule has 4 bridgehead atoms. The number of esters is 2. The standard InChI is InChI=1S/C22H26O4/c1-10-14-8-15(20-12-6-5-11(7-12)19(14)20)18(10)22(24)25-9-16-13-3-2-4-17(13)26-21(16)23/h2,4-6,10-20H,3,7-9H2,1H3. The van der Waals surface area contributed by atoms with Crippen LogP contribution in [0.1, 0.15) is 26.2 Å². The first kappa shape index (κ1) is 15.5. The van der Waals surface area contributed by atoms with Crippen molar-refractivity contribution in [1.29, 1.82) is 0 Å². The minimum absolute atomic E-state index is 0.0314. The predicted molar refractivity (Wildman–Crippen MR) is 93.5 cm³/mol. The van der Waals surface area contributed by atoms with E-state index in [9.17, 15) is 9.59 Å². The summed E-state index contributed by atoms with van der Waals surface area (Å²) >= 11 is 0. The van der Waals surface area contributed by atoms with Crippen LogP contribution in [-0.2, 0) is 19.1 Å². The van der Waals surface area contributed by atoms with Gasteiger partial charge in [-0.1, -0.05) is 25.2 Å². The molecule has 3 saturated carbocycles. The molecule has 5 aliphatic carbocycles. The molecule has 26 heavy (non-hydrogen) atoms. The number of fused-ring (bicyclic) bond motifs is 10. The van der Waals surface area contributed by atoms with Gasteiger partial charge in [0.2, 0.25) is 0 Å². The number of hydrogen-bond acceptors (Lipinski definition) is 4. The summed E-state index contributed by atoms with van der Waals surface area (Å²) in [5.74, 6) is 4.20. The van der Waals surface area contributed by atoms with Crippen LogP contribution in [0.3, 0.4) is 0 Å². The van der Waals surface area contributed by atoms with Gasteiger partial charge in [-0.25, -0.2) is 0 Å². The molecule has 0 amide bonds. The average molecular weight is 354 g/mol. The van der Waals surface area contributed by atoms with Gasteiger partial charge in [-0.2, -0.15) is 0 Å². The van der Waals surface area contributed by atoms with Gasteiger partial charge >= 0.3 is 11.9 Å². The Hall–Kier alpha value is -1.58. The molecule has 0 radical (unpaired) electrons. The van der Waals surface area contributed by atoms with Crippen LogP contribution in [0.25, 0.3) is 0 Å². The quantitative estimate of drug-likeness (QED) is 0.444. The maximum atomic E-state index is 13.0. The zero-order chi connectivity index (χ0) is 17.6. The number of ether oxygens (including phenoxy) is 2. The number of rotatable bonds is 3. The van der Waals surface area contributed by atoms with Crippen molar-refractivity contribution in [1.82, 2.24) is 0 Å². The second-order valence-electron chi connectivity index (χ2n) is 9.52. The molecule has 6 aliphatic rings. The van der Waals surface area contributed by atoms with E-state index >= 15 is 0 Å². The van der Waals surface area contributed by atoms with E-state index < -0.39 is 0 Å². The van der Waals surface area contributed by atoms with E-state index in [2.05, 4.69) is 25.2 Å². The van der Waals surface area contributed by atoms with Gasteiger partial charge in [0.25, 0.3) is 0 Å². The molecule has 4 nitrogen and oxygen atoms in total. The fraction of sp³-hybridized carbons (Fsp3) is 0.727. The summed E-state index contributed by atoms with van der Waals surface area (Å²) in [6, 6.07) is 0. The Kier molecular flexibility index (Phi) is 3.12. The molecule has 11 atom stereocenters. The summed E-state index contributed by atoms with van der Waals surface area (Å²) < 4.78 is 11.1. The maximum Gasteiger partial charge on any atom is 0.313 e. The molecule has 6 rings (SSSR count). The van der Waals surface area contributed by atoms with E-state index in [1.165, 1.54) is 12.8 Å². The fourth-order valence-electron chi connectivity index (χ4n) is 7.75. The van der Waals surface area contributed by atoms with E-state index in [-0.39, 0.29) is 42.4 Å². The van der Waals surface area contributed by atoms with Crippen molar-refractivity contribution in [3.8, 4) is 0 Å². The zero-order valence-electron chi connectivity index (χ0n) is 15.1. The third kappa shape index (κ3) is 1.86. The first-order valence-corrected chi connectivity index (χ1v) is 10.4. The summed E-state index contributed by atoms with van der Waals surface area (Å²) in [5, 5.41) is 0. The molecule has 0 aromatic carbocycles. The molecule has 1 aliphatic heterocycles. The number of carbonyl (C=O) groups is 2. The molecule has 0 aromatic rings. The van der Waals surface area contributed by atoms with Gasteiger partial charge < -0.3 is 9.47 Å². The molecule has 4 heteroatoms. The first-order valence-electron chi connectivity index (χ1n) is 10.4. The Labute approximate surface area is 154 Å². The molecular weight excluding hydrogens is 328 g/mol. The molecule has 1 heterocycles. The Morgan fingerprint density at radius 1 is 1.12 bits per heavy atom. The van der Waals surface area contributed by atoms with Crippen LogP contribution in [0.5, 0.6) is 0 Å². The van der Waals surface area contributed by atoms with Gasteiger partial charge in [0.05, 0.1) is 11.8 Å². The van der Waals surface area contributed by atoms with Crippen LogP contribution in [0.4, 0.5) is 0 Å². The van der Waals surface area contributed by atoms with E-state index in [4.69, 9.17) is 9.47 Å². The highest BCUT2D eigenvalue weighted by Gasteiger charge is 2.65. The maximum absolute atomic E-state index is 13.0. The molecule has 0 spiro atoms. The summed E-state index contributed by atoms with van der Waals surface area (Å²) in [4.78, 5) is 25.1. The lowest BCUT2D eigenvalue weighted by Gasteiger charge is -2.39. The summed E-state index contributed by atoms with van der Waals surface area (Å²) in [5.41, 5.74) is 0. The van der Waals surface area contributed by atoms with Gasteiger partial charge in [-0.3, -0.25) is 9.59 Å². The number of hydrogen-bond donors (Lipinski definition) is 0. The van der Waals surface area contributed by atoms with Crippen LogP contribution < -0.4 is 0 Å². The molecule has 138 valence electrons.